The molecule has 0 heterocycles. The van der Waals surface area contributed by atoms with E-state index in [1.54, 1.807) is 18.2 Å². The average Bonchev–Trinajstić information content (AvgIpc) is 2.95. The number of hydrogen-bond donors (Lipinski definition) is 2. The standard InChI is InChI=1S/C29H26Cl2N2O8S2/c1-3-40-28(34)26(29(35)41-4-2)24-17-25(32-42(36,37)20-13-9-18(30)10-14-20)22-7-5-6-8-23(22)27(24)33-43(38,39)21-15-11-19(31)12-16-21/h5-17,26,32-33H,3-4H2,1-2H3. The summed E-state index contributed by atoms with van der Waals surface area (Å²) in [5.74, 6) is -3.81. The van der Waals surface area contributed by atoms with Crippen molar-refractivity contribution in [2.24, 2.45) is 0 Å². The summed E-state index contributed by atoms with van der Waals surface area (Å²) in [7, 11) is -8.52. The average molecular weight is 666 g/mol. The van der Waals surface area contributed by atoms with Crippen LogP contribution < -0.4 is 9.44 Å². The zero-order valence-corrected chi connectivity index (χ0v) is 26.0. The molecule has 43 heavy (non-hydrogen) atoms. The first-order valence-corrected chi connectivity index (χ1v) is 16.6. The first kappa shape index (κ1) is 32.1. The van der Waals surface area contributed by atoms with Crippen LogP contribution in [0.1, 0.15) is 25.3 Å². The third-order valence-corrected chi connectivity index (χ3v) is 9.41. The molecule has 0 aliphatic rings. The highest BCUT2D eigenvalue weighted by Crippen LogP contribution is 2.40. The monoisotopic (exact) mass is 664 g/mol. The molecule has 0 radical (unpaired) electrons. The lowest BCUT2D eigenvalue weighted by molar-refractivity contribution is -0.156. The van der Waals surface area contributed by atoms with E-state index in [0.717, 1.165) is 0 Å². The zero-order valence-electron chi connectivity index (χ0n) is 22.8. The molecule has 2 N–H and O–H groups in total. The lowest BCUT2D eigenvalue weighted by atomic mass is 9.93. The van der Waals surface area contributed by atoms with E-state index in [1.807, 2.05) is 0 Å². The third kappa shape index (κ3) is 7.21. The van der Waals surface area contributed by atoms with Gasteiger partial charge in [-0.1, -0.05) is 47.5 Å². The van der Waals surface area contributed by atoms with E-state index in [0.29, 0.717) is 10.0 Å². The number of benzene rings is 4. The Morgan fingerprint density at radius 3 is 1.60 bits per heavy atom. The SMILES string of the molecule is CCOC(=O)C(C(=O)OCC)c1cc(NS(=O)(=O)c2ccc(Cl)cc2)c2ccccc2c1NS(=O)(=O)c1ccc(Cl)cc1. The van der Waals surface area contributed by atoms with E-state index in [9.17, 15) is 26.4 Å². The van der Waals surface area contributed by atoms with Gasteiger partial charge in [-0.3, -0.25) is 19.0 Å². The highest BCUT2D eigenvalue weighted by atomic mass is 35.5. The van der Waals surface area contributed by atoms with E-state index in [2.05, 4.69) is 9.44 Å². The number of carbonyl (C=O) groups is 2. The minimum Gasteiger partial charge on any atom is -0.465 e. The highest BCUT2D eigenvalue weighted by molar-refractivity contribution is 7.93. The zero-order chi connectivity index (χ0) is 31.4. The minimum absolute atomic E-state index is 0.0337. The number of sulfonamides is 2. The molecular formula is C29H26Cl2N2O8S2. The van der Waals surface area contributed by atoms with Gasteiger partial charge in [-0.15, -0.1) is 0 Å². The van der Waals surface area contributed by atoms with Crippen molar-refractivity contribution in [1.82, 2.24) is 0 Å². The summed E-state index contributed by atoms with van der Waals surface area (Å²) >= 11 is 11.9. The van der Waals surface area contributed by atoms with Crippen LogP contribution in [0.25, 0.3) is 10.8 Å². The van der Waals surface area contributed by atoms with Gasteiger partial charge >= 0.3 is 11.9 Å². The fraction of sp³-hybridized carbons (Fsp3) is 0.172. The first-order valence-electron chi connectivity index (χ1n) is 12.8. The number of halogens is 2. The summed E-state index contributed by atoms with van der Waals surface area (Å²) in [6.45, 7) is 2.89. The molecule has 0 aromatic heterocycles. The van der Waals surface area contributed by atoms with Crippen LogP contribution in [0.15, 0.2) is 88.7 Å². The maximum atomic E-state index is 13.5. The van der Waals surface area contributed by atoms with Gasteiger partial charge in [0.25, 0.3) is 20.0 Å². The van der Waals surface area contributed by atoms with Gasteiger partial charge in [0.2, 0.25) is 0 Å². The van der Waals surface area contributed by atoms with E-state index in [-0.39, 0.29) is 50.7 Å². The molecule has 0 amide bonds. The molecule has 0 bridgehead atoms. The molecule has 4 aromatic carbocycles. The van der Waals surface area contributed by atoms with Crippen molar-refractivity contribution >= 4 is 77.3 Å². The molecule has 0 spiro atoms. The fourth-order valence-electron chi connectivity index (χ4n) is 4.25. The third-order valence-electron chi connectivity index (χ3n) is 6.16. The number of carbonyl (C=O) groups excluding carboxylic acids is 2. The van der Waals surface area contributed by atoms with Crippen molar-refractivity contribution in [3.05, 3.63) is 94.5 Å². The maximum absolute atomic E-state index is 13.5. The molecule has 0 fully saturated rings. The summed E-state index contributed by atoms with van der Waals surface area (Å²) in [4.78, 5) is 26.2. The van der Waals surface area contributed by atoms with Crippen LogP contribution >= 0.6 is 23.2 Å². The van der Waals surface area contributed by atoms with Gasteiger partial charge in [0.05, 0.1) is 34.4 Å². The molecule has 4 aromatic rings. The topological polar surface area (TPSA) is 145 Å². The molecule has 0 unspecified atom stereocenters. The Hall–Kier alpha value is -3.84. The van der Waals surface area contributed by atoms with Gasteiger partial charge in [0.15, 0.2) is 5.92 Å². The number of anilines is 2. The smallest absolute Gasteiger partial charge is 0.324 e. The molecule has 0 aliphatic carbocycles. The Balaban J connectivity index is 2.00. The molecule has 0 aliphatic heterocycles. The van der Waals surface area contributed by atoms with Crippen molar-refractivity contribution in [3.8, 4) is 0 Å². The van der Waals surface area contributed by atoms with Crippen LogP contribution in [0, 0.1) is 0 Å². The first-order chi connectivity index (χ1) is 20.4. The van der Waals surface area contributed by atoms with Gasteiger partial charge in [-0.2, -0.15) is 0 Å². The Morgan fingerprint density at radius 2 is 1.14 bits per heavy atom. The van der Waals surface area contributed by atoms with Crippen LogP contribution in [0.5, 0.6) is 0 Å². The molecule has 226 valence electrons. The molecule has 10 nitrogen and oxygen atoms in total. The van der Waals surface area contributed by atoms with Gasteiger partial charge < -0.3 is 9.47 Å². The predicted octanol–water partition coefficient (Wildman–Crippen LogP) is 5.96. The van der Waals surface area contributed by atoms with Crippen molar-refractivity contribution in [2.45, 2.75) is 29.6 Å². The Labute approximate surface area is 259 Å². The van der Waals surface area contributed by atoms with Gasteiger partial charge in [0.1, 0.15) is 0 Å². The highest BCUT2D eigenvalue weighted by Gasteiger charge is 2.36. The van der Waals surface area contributed by atoms with Crippen LogP contribution in [0.3, 0.4) is 0 Å². The minimum atomic E-state index is -4.31. The second kappa shape index (κ2) is 13.2. The van der Waals surface area contributed by atoms with Gasteiger partial charge in [-0.25, -0.2) is 16.8 Å². The van der Waals surface area contributed by atoms with Crippen LogP contribution in [-0.4, -0.2) is 42.0 Å². The summed E-state index contributed by atoms with van der Waals surface area (Å²) in [5, 5.41) is 1.09. The van der Waals surface area contributed by atoms with Gasteiger partial charge in [0, 0.05) is 26.4 Å². The number of nitrogens with one attached hydrogen (secondary N) is 2. The summed E-state index contributed by atoms with van der Waals surface area (Å²) in [6.07, 6.45) is 0. The predicted molar refractivity (Wildman–Crippen MR) is 164 cm³/mol. The second-order valence-corrected chi connectivity index (χ2v) is 13.2. The summed E-state index contributed by atoms with van der Waals surface area (Å²) in [5.41, 5.74) is -0.373. The van der Waals surface area contributed by atoms with Crippen molar-refractivity contribution in [1.29, 1.82) is 0 Å². The largest absolute Gasteiger partial charge is 0.465 e. The molecule has 14 heteroatoms. The second-order valence-electron chi connectivity index (χ2n) is 8.99. The summed E-state index contributed by atoms with van der Waals surface area (Å²) in [6, 6.07) is 18.3. The van der Waals surface area contributed by atoms with Crippen LogP contribution in [0.4, 0.5) is 11.4 Å². The van der Waals surface area contributed by atoms with Gasteiger partial charge in [-0.05, 0) is 68.4 Å². The van der Waals surface area contributed by atoms with E-state index < -0.39 is 37.9 Å². The van der Waals surface area contributed by atoms with Crippen molar-refractivity contribution in [3.63, 3.8) is 0 Å². The number of esters is 2. The lowest BCUT2D eigenvalue weighted by Crippen LogP contribution is -2.28. The van der Waals surface area contributed by atoms with Crippen LogP contribution in [-0.2, 0) is 39.1 Å². The molecule has 0 atom stereocenters. The van der Waals surface area contributed by atoms with E-state index in [1.165, 1.54) is 74.5 Å². The van der Waals surface area contributed by atoms with E-state index in [4.69, 9.17) is 32.7 Å². The maximum Gasteiger partial charge on any atom is 0.324 e. The quantitative estimate of drug-likeness (QED) is 0.148. The van der Waals surface area contributed by atoms with Crippen LogP contribution in [0.2, 0.25) is 10.0 Å². The molecule has 0 saturated heterocycles. The van der Waals surface area contributed by atoms with Crippen molar-refractivity contribution < 1.29 is 35.9 Å². The Kier molecular flexibility index (Phi) is 9.86. The number of fused-ring (bicyclic) bond motifs is 1. The Bertz CT molecular complexity index is 1860. The fourth-order valence-corrected chi connectivity index (χ4v) is 6.68. The number of ether oxygens (including phenoxy) is 2. The Morgan fingerprint density at radius 1 is 0.698 bits per heavy atom. The molecule has 4 rings (SSSR count). The number of rotatable bonds is 11. The molecular weight excluding hydrogens is 639 g/mol. The van der Waals surface area contributed by atoms with E-state index >= 15 is 0 Å². The lowest BCUT2D eigenvalue weighted by Gasteiger charge is -2.23. The number of hydrogen-bond acceptors (Lipinski definition) is 8. The van der Waals surface area contributed by atoms with Crippen molar-refractivity contribution in [2.75, 3.05) is 22.7 Å². The summed E-state index contributed by atoms with van der Waals surface area (Å²) < 4.78 is 69.1. The normalized spacial score (nSPS) is 11.7. The molecule has 0 saturated carbocycles.